The Balaban J connectivity index is 1.19. The minimum atomic E-state index is -0.264. The third kappa shape index (κ3) is 5.11. The predicted octanol–water partition coefficient (Wildman–Crippen LogP) is 3.15. The van der Waals surface area contributed by atoms with Crippen molar-refractivity contribution in [3.63, 3.8) is 0 Å². The van der Waals surface area contributed by atoms with Gasteiger partial charge in [-0.25, -0.2) is 4.39 Å². The molecule has 2 atom stereocenters. The van der Waals surface area contributed by atoms with Crippen LogP contribution in [0.15, 0.2) is 54.9 Å². The van der Waals surface area contributed by atoms with Gasteiger partial charge in [0.2, 0.25) is 5.91 Å². The number of hydrogen-bond acceptors (Lipinski definition) is 6. The molecule has 0 spiro atoms. The number of halogens is 1. The van der Waals surface area contributed by atoms with Gasteiger partial charge >= 0.3 is 0 Å². The third-order valence-corrected chi connectivity index (χ3v) is 8.36. The minimum absolute atomic E-state index is 0.00408. The van der Waals surface area contributed by atoms with Crippen LogP contribution in [0.25, 0.3) is 0 Å². The van der Waals surface area contributed by atoms with Crippen molar-refractivity contribution in [2.75, 3.05) is 37.6 Å². The van der Waals surface area contributed by atoms with Crippen LogP contribution in [0.5, 0.6) is 0 Å². The largest absolute Gasteiger partial charge is 0.331 e. The van der Waals surface area contributed by atoms with Crippen LogP contribution in [0.3, 0.4) is 0 Å². The summed E-state index contributed by atoms with van der Waals surface area (Å²) in [6.07, 6.45) is 4.18. The summed E-state index contributed by atoms with van der Waals surface area (Å²) in [5.41, 5.74) is 5.03. The standard InChI is InChI=1S/C31H35FN6O2/c1-20-15-36(24(13-34-20)16-37-17-27-25(30(37)40)5-4-10-33-27)18-29(39)38-19-31(2,3)26-14-35-23(12-28(26)38)11-21-6-8-22(32)9-7-21/h4-10,12,14,20,24,34H,11,13,15-19H2,1-3H3/t20-,24-/m1/s1. The smallest absolute Gasteiger partial charge is 0.256 e. The molecule has 2 amide bonds. The molecule has 0 aliphatic carbocycles. The van der Waals surface area contributed by atoms with E-state index in [0.29, 0.717) is 38.2 Å². The van der Waals surface area contributed by atoms with Gasteiger partial charge in [0.25, 0.3) is 5.91 Å². The normalized spacial score (nSPS) is 21.9. The van der Waals surface area contributed by atoms with Crippen LogP contribution in [0.2, 0.25) is 0 Å². The van der Waals surface area contributed by atoms with Gasteiger partial charge in [0.05, 0.1) is 30.0 Å². The van der Waals surface area contributed by atoms with Gasteiger partial charge in [0.15, 0.2) is 0 Å². The second-order valence-electron chi connectivity index (χ2n) is 11.9. The topological polar surface area (TPSA) is 81.7 Å². The Hall–Kier alpha value is -3.69. The minimum Gasteiger partial charge on any atom is -0.331 e. The number of carbonyl (C=O) groups is 2. The van der Waals surface area contributed by atoms with E-state index in [-0.39, 0.29) is 41.7 Å². The summed E-state index contributed by atoms with van der Waals surface area (Å²) in [5.74, 6) is -0.216. The summed E-state index contributed by atoms with van der Waals surface area (Å²) in [7, 11) is 0. The maximum absolute atomic E-state index is 13.9. The summed E-state index contributed by atoms with van der Waals surface area (Å²) in [6, 6.07) is 12.3. The molecule has 1 fully saturated rings. The lowest BCUT2D eigenvalue weighted by molar-refractivity contribution is -0.120. The number of amides is 2. The quantitative estimate of drug-likeness (QED) is 0.516. The molecule has 3 aromatic rings. The Morgan fingerprint density at radius 3 is 2.75 bits per heavy atom. The van der Waals surface area contributed by atoms with Crippen molar-refractivity contribution >= 4 is 17.5 Å². The average Bonchev–Trinajstić information content (AvgIpc) is 3.39. The first-order valence-corrected chi connectivity index (χ1v) is 13.9. The van der Waals surface area contributed by atoms with Crippen LogP contribution < -0.4 is 10.2 Å². The van der Waals surface area contributed by atoms with Crippen LogP contribution in [0, 0.1) is 5.82 Å². The first kappa shape index (κ1) is 26.5. The van der Waals surface area contributed by atoms with Gasteiger partial charge in [-0.05, 0) is 42.8 Å². The summed E-state index contributed by atoms with van der Waals surface area (Å²) in [5, 5.41) is 3.53. The first-order chi connectivity index (χ1) is 19.2. The van der Waals surface area contributed by atoms with Crippen LogP contribution in [-0.2, 0) is 23.2 Å². The number of nitrogens with one attached hydrogen (secondary N) is 1. The monoisotopic (exact) mass is 542 g/mol. The van der Waals surface area contributed by atoms with E-state index < -0.39 is 0 Å². The second kappa shape index (κ2) is 10.4. The molecular weight excluding hydrogens is 507 g/mol. The second-order valence-corrected chi connectivity index (χ2v) is 11.9. The van der Waals surface area contributed by atoms with Crippen molar-refractivity contribution in [1.82, 2.24) is 25.1 Å². The van der Waals surface area contributed by atoms with E-state index in [0.717, 1.165) is 34.7 Å². The molecule has 0 bridgehead atoms. The zero-order chi connectivity index (χ0) is 28.0. The van der Waals surface area contributed by atoms with Gasteiger partial charge in [-0.15, -0.1) is 0 Å². The predicted molar refractivity (Wildman–Crippen MR) is 151 cm³/mol. The maximum atomic E-state index is 13.9. The third-order valence-electron chi connectivity index (χ3n) is 8.36. The number of carbonyl (C=O) groups excluding carboxylic acids is 2. The number of hydrogen-bond donors (Lipinski definition) is 1. The molecule has 1 N–H and O–H groups in total. The van der Waals surface area contributed by atoms with Crippen LogP contribution in [0.1, 0.15) is 53.6 Å². The van der Waals surface area contributed by atoms with Crippen molar-refractivity contribution in [2.24, 2.45) is 0 Å². The Morgan fingerprint density at radius 2 is 1.98 bits per heavy atom. The molecule has 0 radical (unpaired) electrons. The highest BCUT2D eigenvalue weighted by molar-refractivity contribution is 5.98. The fourth-order valence-corrected chi connectivity index (χ4v) is 6.18. The number of nitrogens with zero attached hydrogens (tertiary/aromatic N) is 5. The molecule has 5 heterocycles. The number of anilines is 1. The molecule has 0 saturated carbocycles. The van der Waals surface area contributed by atoms with Crippen LogP contribution in [0.4, 0.5) is 10.1 Å². The Labute approximate surface area is 234 Å². The van der Waals surface area contributed by atoms with Crippen molar-refractivity contribution < 1.29 is 14.0 Å². The molecule has 3 aliphatic heterocycles. The number of aromatic nitrogens is 2. The molecule has 1 aromatic carbocycles. The lowest BCUT2D eigenvalue weighted by Crippen LogP contribution is -2.60. The van der Waals surface area contributed by atoms with Gasteiger partial charge < -0.3 is 15.1 Å². The maximum Gasteiger partial charge on any atom is 0.256 e. The number of piperazine rings is 1. The average molecular weight is 543 g/mol. The molecule has 2 aromatic heterocycles. The van der Waals surface area contributed by atoms with Gasteiger partial charge in [-0.1, -0.05) is 26.0 Å². The fourth-order valence-electron chi connectivity index (χ4n) is 6.18. The van der Waals surface area contributed by atoms with Crippen LogP contribution >= 0.6 is 0 Å². The number of rotatable bonds is 6. The summed E-state index contributed by atoms with van der Waals surface area (Å²) in [6.45, 7) is 9.72. The molecular formula is C31H35FN6O2. The fraction of sp³-hybridized carbons (Fsp3) is 0.419. The Bertz CT molecular complexity index is 1440. The van der Waals surface area contributed by atoms with Gasteiger partial charge in [-0.3, -0.25) is 24.5 Å². The molecule has 208 valence electrons. The van der Waals surface area contributed by atoms with Gasteiger partial charge in [0, 0.05) is 73.7 Å². The van der Waals surface area contributed by atoms with Crippen LogP contribution in [-0.4, -0.2) is 76.4 Å². The van der Waals surface area contributed by atoms with E-state index in [2.05, 4.69) is 41.0 Å². The van der Waals surface area contributed by atoms with E-state index in [1.54, 1.807) is 24.4 Å². The van der Waals surface area contributed by atoms with E-state index in [9.17, 15) is 14.0 Å². The van der Waals surface area contributed by atoms with Crippen molar-refractivity contribution in [3.05, 3.63) is 88.8 Å². The van der Waals surface area contributed by atoms with E-state index in [4.69, 9.17) is 0 Å². The molecule has 3 aliphatic rings. The van der Waals surface area contributed by atoms with Crippen molar-refractivity contribution in [2.45, 2.75) is 51.2 Å². The highest BCUT2D eigenvalue weighted by Gasteiger charge is 2.40. The van der Waals surface area contributed by atoms with E-state index in [1.807, 2.05) is 28.1 Å². The van der Waals surface area contributed by atoms with Crippen molar-refractivity contribution in [1.29, 1.82) is 0 Å². The first-order valence-electron chi connectivity index (χ1n) is 13.9. The van der Waals surface area contributed by atoms with E-state index >= 15 is 0 Å². The zero-order valence-electron chi connectivity index (χ0n) is 23.2. The summed E-state index contributed by atoms with van der Waals surface area (Å²) in [4.78, 5) is 42.0. The number of pyridine rings is 2. The summed E-state index contributed by atoms with van der Waals surface area (Å²) >= 11 is 0. The number of fused-ring (bicyclic) bond motifs is 2. The van der Waals surface area contributed by atoms with Crippen molar-refractivity contribution in [3.8, 4) is 0 Å². The molecule has 9 heteroatoms. The highest BCUT2D eigenvalue weighted by Crippen LogP contribution is 2.40. The Kier molecular flexibility index (Phi) is 6.88. The highest BCUT2D eigenvalue weighted by atomic mass is 19.1. The molecule has 1 saturated heterocycles. The van der Waals surface area contributed by atoms with E-state index in [1.165, 1.54) is 12.1 Å². The number of benzene rings is 1. The lowest BCUT2D eigenvalue weighted by atomic mass is 9.88. The van der Waals surface area contributed by atoms with Gasteiger partial charge in [0.1, 0.15) is 5.82 Å². The van der Waals surface area contributed by atoms with Gasteiger partial charge in [-0.2, -0.15) is 0 Å². The molecule has 0 unspecified atom stereocenters. The summed E-state index contributed by atoms with van der Waals surface area (Å²) < 4.78 is 13.4. The lowest BCUT2D eigenvalue weighted by Gasteiger charge is -2.41. The Morgan fingerprint density at radius 1 is 1.18 bits per heavy atom. The molecule has 40 heavy (non-hydrogen) atoms. The zero-order valence-corrected chi connectivity index (χ0v) is 23.2. The molecule has 8 nitrogen and oxygen atoms in total. The SMILES string of the molecule is C[C@@H]1CN(CC(=O)N2CC(C)(C)c3cnc(Cc4ccc(F)cc4)cc32)[C@@H](CN2Cc3ncccc3C2=O)CN1. The molecule has 6 rings (SSSR count).